The second kappa shape index (κ2) is 7.60. The maximum absolute atomic E-state index is 13.5. The monoisotopic (exact) mass is 356 g/mol. The molecular formula is C21H28N2O3. The van der Waals surface area contributed by atoms with Gasteiger partial charge in [-0.3, -0.25) is 19.3 Å². The Morgan fingerprint density at radius 1 is 1.12 bits per heavy atom. The minimum Gasteiger partial charge on any atom is -0.341 e. The van der Waals surface area contributed by atoms with Gasteiger partial charge in [0.1, 0.15) is 0 Å². The summed E-state index contributed by atoms with van der Waals surface area (Å²) in [5.41, 5.74) is 0.0477. The molecule has 3 rings (SSSR count). The summed E-state index contributed by atoms with van der Waals surface area (Å²) in [5.74, 6) is 0.0488. The van der Waals surface area contributed by atoms with Crippen LogP contribution in [0.2, 0.25) is 0 Å². The van der Waals surface area contributed by atoms with E-state index in [9.17, 15) is 14.4 Å². The molecule has 1 aliphatic heterocycles. The van der Waals surface area contributed by atoms with Gasteiger partial charge in [0.2, 0.25) is 11.8 Å². The van der Waals surface area contributed by atoms with E-state index in [1.807, 2.05) is 18.2 Å². The summed E-state index contributed by atoms with van der Waals surface area (Å²) in [7, 11) is 0. The molecule has 1 aromatic rings. The molecule has 5 heteroatoms. The van der Waals surface area contributed by atoms with Crippen molar-refractivity contribution in [2.45, 2.75) is 46.0 Å². The largest absolute Gasteiger partial charge is 0.341 e. The molecule has 1 aliphatic carbocycles. The number of rotatable bonds is 3. The van der Waals surface area contributed by atoms with E-state index < -0.39 is 5.41 Å². The summed E-state index contributed by atoms with van der Waals surface area (Å²) in [6.45, 7) is 4.98. The number of hydrogen-bond acceptors (Lipinski definition) is 3. The third kappa shape index (κ3) is 3.27. The van der Waals surface area contributed by atoms with Crippen molar-refractivity contribution in [3.63, 3.8) is 0 Å². The van der Waals surface area contributed by atoms with Crippen molar-refractivity contribution in [3.05, 3.63) is 35.9 Å². The van der Waals surface area contributed by atoms with Crippen LogP contribution in [-0.4, -0.2) is 47.2 Å². The molecule has 0 N–H and O–H groups in total. The van der Waals surface area contributed by atoms with Crippen LogP contribution in [0.1, 0.15) is 56.3 Å². The van der Waals surface area contributed by atoms with E-state index in [4.69, 9.17) is 0 Å². The van der Waals surface area contributed by atoms with Gasteiger partial charge >= 0.3 is 0 Å². The second-order valence-corrected chi connectivity index (χ2v) is 7.56. The fraction of sp³-hybridized carbons (Fsp3) is 0.571. The van der Waals surface area contributed by atoms with Crippen molar-refractivity contribution in [3.8, 4) is 0 Å². The van der Waals surface area contributed by atoms with E-state index in [-0.39, 0.29) is 24.3 Å². The van der Waals surface area contributed by atoms with Gasteiger partial charge in [0.15, 0.2) is 0 Å². The summed E-state index contributed by atoms with van der Waals surface area (Å²) in [6, 6.07) is 8.96. The molecule has 1 saturated carbocycles. The Morgan fingerprint density at radius 2 is 1.85 bits per heavy atom. The molecular weight excluding hydrogens is 328 g/mol. The van der Waals surface area contributed by atoms with Crippen molar-refractivity contribution < 1.29 is 14.4 Å². The Bertz CT molecular complexity index is 688. The Morgan fingerprint density at radius 3 is 2.42 bits per heavy atom. The molecule has 2 aliphatic rings. The molecule has 2 atom stereocenters. The molecule has 140 valence electrons. The van der Waals surface area contributed by atoms with Crippen LogP contribution in [0.3, 0.4) is 0 Å². The lowest BCUT2D eigenvalue weighted by Gasteiger charge is -2.52. The summed E-state index contributed by atoms with van der Waals surface area (Å²) >= 11 is 0. The maximum atomic E-state index is 13.5. The number of benzene rings is 1. The molecule has 1 heterocycles. The van der Waals surface area contributed by atoms with Crippen LogP contribution in [0.15, 0.2) is 30.3 Å². The van der Waals surface area contributed by atoms with E-state index in [0.29, 0.717) is 31.0 Å². The minimum atomic E-state index is -0.478. The lowest BCUT2D eigenvalue weighted by Crippen LogP contribution is -2.59. The Balaban J connectivity index is 1.92. The molecule has 0 aromatic heterocycles. The predicted molar refractivity (Wildman–Crippen MR) is 99.4 cm³/mol. The topological polar surface area (TPSA) is 57.7 Å². The zero-order valence-electron chi connectivity index (χ0n) is 15.7. The van der Waals surface area contributed by atoms with E-state index in [0.717, 1.165) is 25.7 Å². The SMILES string of the molecule is CCC[C@H]1CCC12CCN(C(C)=O)CCN(C(=O)c1ccccc1)C2=O. The van der Waals surface area contributed by atoms with Gasteiger partial charge in [-0.25, -0.2) is 0 Å². The highest BCUT2D eigenvalue weighted by Gasteiger charge is 2.54. The van der Waals surface area contributed by atoms with Gasteiger partial charge in [-0.05, 0) is 43.7 Å². The van der Waals surface area contributed by atoms with Crippen molar-refractivity contribution >= 4 is 17.7 Å². The molecule has 1 spiro atoms. The molecule has 1 aromatic carbocycles. The summed E-state index contributed by atoms with van der Waals surface area (Å²) < 4.78 is 0. The van der Waals surface area contributed by atoms with Gasteiger partial charge in [0, 0.05) is 32.1 Å². The van der Waals surface area contributed by atoms with Gasteiger partial charge in [0.25, 0.3) is 5.91 Å². The van der Waals surface area contributed by atoms with Gasteiger partial charge in [-0.1, -0.05) is 31.5 Å². The zero-order chi connectivity index (χ0) is 18.7. The first-order valence-corrected chi connectivity index (χ1v) is 9.66. The molecule has 0 radical (unpaired) electrons. The van der Waals surface area contributed by atoms with Crippen molar-refractivity contribution in [2.24, 2.45) is 11.3 Å². The van der Waals surface area contributed by atoms with E-state index >= 15 is 0 Å². The van der Waals surface area contributed by atoms with Gasteiger partial charge in [0.05, 0.1) is 5.41 Å². The first-order valence-electron chi connectivity index (χ1n) is 9.66. The Labute approximate surface area is 155 Å². The van der Waals surface area contributed by atoms with Crippen molar-refractivity contribution in [2.75, 3.05) is 19.6 Å². The van der Waals surface area contributed by atoms with E-state index in [1.165, 1.54) is 4.90 Å². The average Bonchev–Trinajstić information content (AvgIpc) is 2.62. The second-order valence-electron chi connectivity index (χ2n) is 7.56. The number of hydrogen-bond donors (Lipinski definition) is 0. The number of carbonyl (C=O) groups is 3. The van der Waals surface area contributed by atoms with Crippen LogP contribution >= 0.6 is 0 Å². The van der Waals surface area contributed by atoms with Gasteiger partial charge in [-0.2, -0.15) is 0 Å². The zero-order valence-corrected chi connectivity index (χ0v) is 15.7. The normalized spacial score (nSPS) is 26.2. The smallest absolute Gasteiger partial charge is 0.260 e. The van der Waals surface area contributed by atoms with Crippen LogP contribution in [-0.2, 0) is 9.59 Å². The first kappa shape index (κ1) is 18.6. The summed E-state index contributed by atoms with van der Waals surface area (Å²) in [5, 5.41) is 0. The van der Waals surface area contributed by atoms with Crippen molar-refractivity contribution in [1.29, 1.82) is 0 Å². The number of nitrogens with zero attached hydrogens (tertiary/aromatic N) is 2. The first-order chi connectivity index (χ1) is 12.5. The lowest BCUT2D eigenvalue weighted by molar-refractivity contribution is -0.156. The van der Waals surface area contributed by atoms with Crippen molar-refractivity contribution in [1.82, 2.24) is 9.80 Å². The molecule has 2 fully saturated rings. The minimum absolute atomic E-state index is 0.00738. The molecule has 0 bridgehead atoms. The quantitative estimate of drug-likeness (QED) is 0.782. The van der Waals surface area contributed by atoms with Gasteiger partial charge in [-0.15, -0.1) is 0 Å². The van der Waals surface area contributed by atoms with Crippen LogP contribution in [0, 0.1) is 11.3 Å². The van der Waals surface area contributed by atoms with Crippen LogP contribution in [0.4, 0.5) is 0 Å². The highest BCUT2D eigenvalue weighted by Crippen LogP contribution is 2.53. The molecule has 1 saturated heterocycles. The third-order valence-electron chi connectivity index (χ3n) is 6.16. The average molecular weight is 356 g/mol. The molecule has 26 heavy (non-hydrogen) atoms. The van der Waals surface area contributed by atoms with Crippen LogP contribution in [0.25, 0.3) is 0 Å². The summed E-state index contributed by atoms with van der Waals surface area (Å²) in [6.07, 6.45) is 4.55. The number of carbonyl (C=O) groups excluding carboxylic acids is 3. The molecule has 3 amide bonds. The van der Waals surface area contributed by atoms with Crippen LogP contribution < -0.4 is 0 Å². The predicted octanol–water partition coefficient (Wildman–Crippen LogP) is 3.10. The third-order valence-corrected chi connectivity index (χ3v) is 6.16. The molecule has 1 unspecified atom stereocenters. The lowest BCUT2D eigenvalue weighted by atomic mass is 9.56. The fourth-order valence-corrected chi connectivity index (χ4v) is 4.47. The highest BCUT2D eigenvalue weighted by atomic mass is 16.2. The van der Waals surface area contributed by atoms with E-state index in [2.05, 4.69) is 6.92 Å². The maximum Gasteiger partial charge on any atom is 0.260 e. The number of imide groups is 1. The molecule has 5 nitrogen and oxygen atoms in total. The highest BCUT2D eigenvalue weighted by molar-refractivity contribution is 6.06. The van der Waals surface area contributed by atoms with E-state index in [1.54, 1.807) is 24.0 Å². The Hall–Kier alpha value is -2.17. The summed E-state index contributed by atoms with van der Waals surface area (Å²) in [4.78, 5) is 41.7. The standard InChI is InChI=1S/C21H28N2O3/c1-3-7-18-10-11-21(18)12-13-22(16(2)24)14-15-23(20(21)26)19(25)17-8-5-4-6-9-17/h4-6,8-9,18H,3,7,10-15H2,1-2H3/t18-,21?/m0/s1. The number of amides is 3. The van der Waals surface area contributed by atoms with Crippen LogP contribution in [0.5, 0.6) is 0 Å². The fourth-order valence-electron chi connectivity index (χ4n) is 4.47. The van der Waals surface area contributed by atoms with Gasteiger partial charge < -0.3 is 4.90 Å². The Kier molecular flexibility index (Phi) is 5.44.